The maximum atomic E-state index is 12.9. The van der Waals surface area contributed by atoms with Gasteiger partial charge in [-0.2, -0.15) is 0 Å². The number of aliphatic hydroxyl groups is 1. The van der Waals surface area contributed by atoms with E-state index in [1.54, 1.807) is 0 Å². The molecule has 1 amide bonds. The number of hydrogen-bond acceptors (Lipinski definition) is 2. The van der Waals surface area contributed by atoms with Gasteiger partial charge in [-0.05, 0) is 31.7 Å². The number of aliphatic hydroxyl groups excluding tert-OH is 1. The Morgan fingerprint density at radius 2 is 2.19 bits per heavy atom. The Morgan fingerprint density at radius 1 is 1.38 bits per heavy atom. The second-order valence-corrected chi connectivity index (χ2v) is 5.83. The molecule has 0 bridgehead atoms. The van der Waals surface area contributed by atoms with Gasteiger partial charge >= 0.3 is 0 Å². The van der Waals surface area contributed by atoms with Crippen molar-refractivity contribution in [2.24, 2.45) is 7.05 Å². The maximum absolute atomic E-state index is 12.9. The monoisotopic (exact) mass is 286 g/mol. The van der Waals surface area contributed by atoms with Crippen LogP contribution in [0, 0.1) is 0 Å². The summed E-state index contributed by atoms with van der Waals surface area (Å²) in [6.45, 7) is 1.03. The summed E-state index contributed by atoms with van der Waals surface area (Å²) in [5, 5.41) is 10.0. The molecule has 1 atom stereocenters. The van der Waals surface area contributed by atoms with E-state index in [9.17, 15) is 4.79 Å². The fourth-order valence-electron chi connectivity index (χ4n) is 3.40. The van der Waals surface area contributed by atoms with E-state index < -0.39 is 0 Å². The van der Waals surface area contributed by atoms with Crippen LogP contribution in [0.25, 0.3) is 10.9 Å². The van der Waals surface area contributed by atoms with E-state index in [1.165, 1.54) is 0 Å². The number of amides is 1. The zero-order chi connectivity index (χ0) is 14.8. The van der Waals surface area contributed by atoms with E-state index in [1.807, 2.05) is 47.0 Å². The predicted octanol–water partition coefficient (Wildman–Crippen LogP) is 2.56. The number of nitrogens with zero attached hydrogens (tertiary/aromatic N) is 2. The number of rotatable bonds is 4. The predicted molar refractivity (Wildman–Crippen MR) is 83.3 cm³/mol. The molecule has 2 heterocycles. The molecule has 0 saturated carbocycles. The molecule has 1 aliphatic heterocycles. The van der Waals surface area contributed by atoms with Crippen molar-refractivity contribution in [3.63, 3.8) is 0 Å². The number of fused-ring (bicyclic) bond motifs is 1. The van der Waals surface area contributed by atoms with Crippen LogP contribution in [0.2, 0.25) is 0 Å². The van der Waals surface area contributed by atoms with E-state index >= 15 is 0 Å². The highest BCUT2D eigenvalue weighted by atomic mass is 16.3. The minimum absolute atomic E-state index is 0.132. The summed E-state index contributed by atoms with van der Waals surface area (Å²) in [6, 6.07) is 8.31. The third kappa shape index (κ3) is 2.56. The van der Waals surface area contributed by atoms with Gasteiger partial charge in [0.05, 0.1) is 5.56 Å². The molecule has 0 aliphatic carbocycles. The smallest absolute Gasteiger partial charge is 0.256 e. The van der Waals surface area contributed by atoms with Crippen molar-refractivity contribution in [2.45, 2.75) is 31.7 Å². The normalized spacial score (nSPS) is 18.6. The Kier molecular flexibility index (Phi) is 3.97. The summed E-state index contributed by atoms with van der Waals surface area (Å²) in [5.41, 5.74) is 1.89. The van der Waals surface area contributed by atoms with Crippen molar-refractivity contribution < 1.29 is 9.90 Å². The Morgan fingerprint density at radius 3 is 3.00 bits per heavy atom. The average Bonchev–Trinajstić information content (AvgIpc) is 3.10. The first-order chi connectivity index (χ1) is 10.2. The van der Waals surface area contributed by atoms with E-state index in [0.29, 0.717) is 0 Å². The standard InChI is InChI=1S/C17H22N2O2/c1-18-12-15(14-8-2-3-9-16(14)18)17(21)19-10-4-6-13(19)7-5-11-20/h2-3,8-9,12-13,20H,4-7,10-11H2,1H3. The third-order valence-electron chi connectivity index (χ3n) is 4.46. The van der Waals surface area contributed by atoms with Crippen molar-refractivity contribution in [3.05, 3.63) is 36.0 Å². The number of benzene rings is 1. The molecule has 2 aromatic rings. The van der Waals surface area contributed by atoms with Crippen molar-refractivity contribution in [1.29, 1.82) is 0 Å². The summed E-state index contributed by atoms with van der Waals surface area (Å²) in [4.78, 5) is 14.9. The number of para-hydroxylation sites is 1. The molecule has 4 nitrogen and oxygen atoms in total. The van der Waals surface area contributed by atoms with Crippen LogP contribution < -0.4 is 0 Å². The highest BCUT2D eigenvalue weighted by Gasteiger charge is 2.30. The molecule has 0 radical (unpaired) electrons. The molecule has 1 N–H and O–H groups in total. The number of carbonyl (C=O) groups excluding carboxylic acids is 1. The van der Waals surface area contributed by atoms with E-state index in [4.69, 9.17) is 5.11 Å². The van der Waals surface area contributed by atoms with Gasteiger partial charge < -0.3 is 14.6 Å². The Balaban J connectivity index is 1.89. The van der Waals surface area contributed by atoms with Crippen LogP contribution in [0.1, 0.15) is 36.0 Å². The van der Waals surface area contributed by atoms with Crippen molar-refractivity contribution in [2.75, 3.05) is 13.2 Å². The Bertz CT molecular complexity index is 647. The second-order valence-electron chi connectivity index (χ2n) is 5.83. The highest BCUT2D eigenvalue weighted by molar-refractivity contribution is 6.07. The molecule has 1 aromatic carbocycles. The van der Waals surface area contributed by atoms with E-state index in [0.717, 1.165) is 48.7 Å². The van der Waals surface area contributed by atoms with Crippen LogP contribution in [0.3, 0.4) is 0 Å². The SMILES string of the molecule is Cn1cc(C(=O)N2CCCC2CCCO)c2ccccc21. The summed E-state index contributed by atoms with van der Waals surface area (Å²) >= 11 is 0. The van der Waals surface area contributed by atoms with Gasteiger partial charge in [-0.3, -0.25) is 4.79 Å². The number of aryl methyl sites for hydroxylation is 1. The van der Waals surface area contributed by atoms with Crippen molar-refractivity contribution in [1.82, 2.24) is 9.47 Å². The van der Waals surface area contributed by atoms with Crippen molar-refractivity contribution in [3.8, 4) is 0 Å². The molecule has 1 aromatic heterocycles. The minimum Gasteiger partial charge on any atom is -0.396 e. The molecule has 1 fully saturated rings. The van der Waals surface area contributed by atoms with Crippen LogP contribution in [-0.2, 0) is 7.05 Å². The van der Waals surface area contributed by atoms with Gasteiger partial charge in [0.2, 0.25) is 0 Å². The Labute approximate surface area is 125 Å². The number of aromatic nitrogens is 1. The first-order valence-electron chi connectivity index (χ1n) is 7.68. The average molecular weight is 286 g/mol. The molecule has 4 heteroatoms. The second kappa shape index (κ2) is 5.90. The first kappa shape index (κ1) is 14.1. The molecule has 1 aliphatic rings. The summed E-state index contributed by atoms with van der Waals surface area (Å²) in [6.07, 6.45) is 5.72. The Hall–Kier alpha value is -1.81. The summed E-state index contributed by atoms with van der Waals surface area (Å²) in [5.74, 6) is 0.132. The van der Waals surface area contributed by atoms with Gasteiger partial charge in [0.25, 0.3) is 5.91 Å². The van der Waals surface area contributed by atoms with Crippen LogP contribution in [0.15, 0.2) is 30.5 Å². The molecule has 0 spiro atoms. The number of hydrogen-bond donors (Lipinski definition) is 1. The molecule has 1 saturated heterocycles. The summed E-state index contributed by atoms with van der Waals surface area (Å²) in [7, 11) is 1.98. The highest BCUT2D eigenvalue weighted by Crippen LogP contribution is 2.27. The largest absolute Gasteiger partial charge is 0.396 e. The molecule has 112 valence electrons. The van der Waals surface area contributed by atoms with E-state index in [2.05, 4.69) is 0 Å². The zero-order valence-corrected chi connectivity index (χ0v) is 12.5. The molecular weight excluding hydrogens is 264 g/mol. The van der Waals surface area contributed by atoms with Gasteiger partial charge in [0, 0.05) is 43.3 Å². The van der Waals surface area contributed by atoms with Gasteiger partial charge in [-0.25, -0.2) is 0 Å². The van der Waals surface area contributed by atoms with Gasteiger partial charge in [-0.1, -0.05) is 18.2 Å². The molecule has 1 unspecified atom stereocenters. The van der Waals surface area contributed by atoms with Crippen LogP contribution in [-0.4, -0.2) is 39.7 Å². The van der Waals surface area contributed by atoms with Crippen LogP contribution >= 0.6 is 0 Å². The fourth-order valence-corrected chi connectivity index (χ4v) is 3.40. The third-order valence-corrected chi connectivity index (χ3v) is 4.46. The van der Waals surface area contributed by atoms with Gasteiger partial charge in [0.15, 0.2) is 0 Å². The lowest BCUT2D eigenvalue weighted by molar-refractivity contribution is 0.0726. The first-order valence-corrected chi connectivity index (χ1v) is 7.68. The lowest BCUT2D eigenvalue weighted by Gasteiger charge is -2.24. The molecular formula is C17H22N2O2. The lowest BCUT2D eigenvalue weighted by Crippen LogP contribution is -2.35. The molecule has 3 rings (SSSR count). The van der Waals surface area contributed by atoms with Crippen molar-refractivity contribution >= 4 is 16.8 Å². The number of likely N-dealkylation sites (tertiary alicyclic amines) is 1. The van der Waals surface area contributed by atoms with Gasteiger partial charge in [-0.15, -0.1) is 0 Å². The van der Waals surface area contributed by atoms with Crippen LogP contribution in [0.4, 0.5) is 0 Å². The fraction of sp³-hybridized carbons (Fsp3) is 0.471. The van der Waals surface area contributed by atoms with Crippen LogP contribution in [0.5, 0.6) is 0 Å². The minimum atomic E-state index is 0.132. The van der Waals surface area contributed by atoms with E-state index in [-0.39, 0.29) is 18.6 Å². The quantitative estimate of drug-likeness (QED) is 0.939. The lowest BCUT2D eigenvalue weighted by atomic mass is 10.1. The molecule has 21 heavy (non-hydrogen) atoms. The maximum Gasteiger partial charge on any atom is 0.256 e. The summed E-state index contributed by atoms with van der Waals surface area (Å²) < 4.78 is 2.02. The topological polar surface area (TPSA) is 45.5 Å². The number of carbonyl (C=O) groups is 1. The van der Waals surface area contributed by atoms with Gasteiger partial charge in [0.1, 0.15) is 0 Å². The zero-order valence-electron chi connectivity index (χ0n) is 12.5.